The maximum absolute atomic E-state index is 12.1. The molecule has 3 heterocycles. The second kappa shape index (κ2) is 17.5. The minimum Gasteiger partial charge on any atom is -0.490 e. The number of aromatic nitrogens is 4. The summed E-state index contributed by atoms with van der Waals surface area (Å²) in [6.45, 7) is 0.115. The van der Waals surface area contributed by atoms with Crippen molar-refractivity contribution in [2.45, 2.75) is 23.2 Å². The number of carbonyl (C=O) groups excluding carboxylic acids is 1. The Balaban J connectivity index is 0.00000300. The SMILES string of the molecule is Cl.Cl.N#Cc1c(N)nc(SCc2csc(-c3ccc(Cl)cc3)n2)c(C#N)c1-c1ccc(OCCOC(=O)[C@@H](N)Cc2cnc[nH]2)cc1. The highest BCUT2D eigenvalue weighted by atomic mass is 35.5. The van der Waals surface area contributed by atoms with Crippen molar-refractivity contribution < 1.29 is 14.3 Å². The number of hydrogen-bond donors (Lipinski definition) is 3. The average Bonchev–Trinajstić information content (AvgIpc) is 3.75. The van der Waals surface area contributed by atoms with Gasteiger partial charge in [-0.25, -0.2) is 15.0 Å². The first kappa shape index (κ1) is 37.1. The van der Waals surface area contributed by atoms with Gasteiger partial charge in [0, 0.05) is 45.6 Å². The number of halogens is 3. The molecule has 5 N–H and O–H groups in total. The van der Waals surface area contributed by atoms with Crippen LogP contribution in [0.15, 0.2) is 71.5 Å². The summed E-state index contributed by atoms with van der Waals surface area (Å²) < 4.78 is 10.9. The minimum atomic E-state index is -0.822. The Bertz CT molecular complexity index is 1870. The molecule has 0 aliphatic carbocycles. The van der Waals surface area contributed by atoms with Gasteiger partial charge in [-0.1, -0.05) is 47.6 Å². The highest BCUT2D eigenvalue weighted by molar-refractivity contribution is 7.98. The van der Waals surface area contributed by atoms with Crippen LogP contribution in [0.1, 0.15) is 22.5 Å². The lowest BCUT2D eigenvalue weighted by atomic mass is 9.97. The summed E-state index contributed by atoms with van der Waals surface area (Å²) in [5.74, 6) is 0.437. The van der Waals surface area contributed by atoms with E-state index in [9.17, 15) is 15.3 Å². The largest absolute Gasteiger partial charge is 0.490 e. The molecule has 47 heavy (non-hydrogen) atoms. The predicted octanol–water partition coefficient (Wildman–Crippen LogP) is 6.20. The van der Waals surface area contributed by atoms with Gasteiger partial charge in [-0.2, -0.15) is 10.5 Å². The van der Waals surface area contributed by atoms with E-state index in [-0.39, 0.29) is 61.4 Å². The lowest BCUT2D eigenvalue weighted by molar-refractivity contribution is -0.145. The van der Waals surface area contributed by atoms with Crippen LogP contribution in [0.5, 0.6) is 5.75 Å². The number of nitrogen functional groups attached to an aromatic ring is 1. The molecule has 2 aromatic carbocycles. The highest BCUT2D eigenvalue weighted by Gasteiger charge is 2.21. The number of imidazole rings is 1. The topological polar surface area (TPSA) is 190 Å². The number of H-pyrrole nitrogens is 1. The van der Waals surface area contributed by atoms with Crippen LogP contribution in [0.3, 0.4) is 0 Å². The number of rotatable bonds is 12. The second-order valence-electron chi connectivity index (χ2n) is 9.52. The van der Waals surface area contributed by atoms with Crippen LogP contribution < -0.4 is 16.2 Å². The molecule has 0 spiro atoms. The number of aromatic amines is 1. The van der Waals surface area contributed by atoms with Crippen molar-refractivity contribution in [1.82, 2.24) is 19.9 Å². The number of esters is 1. The van der Waals surface area contributed by atoms with Gasteiger partial charge in [0.2, 0.25) is 0 Å². The quantitative estimate of drug-likeness (QED) is 0.0753. The van der Waals surface area contributed by atoms with Gasteiger partial charge in [-0.15, -0.1) is 36.2 Å². The van der Waals surface area contributed by atoms with E-state index >= 15 is 0 Å². The first-order valence-corrected chi connectivity index (χ1v) is 15.7. The van der Waals surface area contributed by atoms with E-state index in [4.69, 9.17) is 37.5 Å². The van der Waals surface area contributed by atoms with Crippen molar-refractivity contribution in [3.63, 3.8) is 0 Å². The Labute approximate surface area is 296 Å². The molecule has 242 valence electrons. The number of ether oxygens (including phenoxy) is 2. The van der Waals surface area contributed by atoms with Crippen molar-refractivity contribution in [2.75, 3.05) is 18.9 Å². The van der Waals surface area contributed by atoms with Crippen LogP contribution in [0.2, 0.25) is 5.02 Å². The summed E-state index contributed by atoms with van der Waals surface area (Å²) in [4.78, 5) is 28.0. The average molecular weight is 730 g/mol. The normalized spacial score (nSPS) is 10.9. The molecular weight excluding hydrogens is 703 g/mol. The molecule has 0 saturated carbocycles. The zero-order valence-corrected chi connectivity index (χ0v) is 28.4. The van der Waals surface area contributed by atoms with E-state index in [2.05, 4.69) is 27.1 Å². The van der Waals surface area contributed by atoms with Gasteiger partial charge in [-0.3, -0.25) is 4.79 Å². The summed E-state index contributed by atoms with van der Waals surface area (Å²) in [6, 6.07) is 17.8. The number of benzene rings is 2. The lowest BCUT2D eigenvalue weighted by Gasteiger charge is -2.14. The highest BCUT2D eigenvalue weighted by Crippen LogP contribution is 2.37. The van der Waals surface area contributed by atoms with E-state index in [0.717, 1.165) is 22.0 Å². The Morgan fingerprint density at radius 3 is 2.38 bits per heavy atom. The molecule has 5 aromatic rings. The van der Waals surface area contributed by atoms with E-state index < -0.39 is 12.0 Å². The molecule has 0 aliphatic rings. The Morgan fingerprint density at radius 2 is 1.72 bits per heavy atom. The van der Waals surface area contributed by atoms with Gasteiger partial charge in [0.1, 0.15) is 58.6 Å². The van der Waals surface area contributed by atoms with Crippen molar-refractivity contribution in [1.29, 1.82) is 10.5 Å². The molecule has 5 rings (SSSR count). The van der Waals surface area contributed by atoms with Gasteiger partial charge in [0.25, 0.3) is 0 Å². The number of nitrogens with one attached hydrogen (secondary N) is 1. The summed E-state index contributed by atoms with van der Waals surface area (Å²) >= 11 is 8.83. The van der Waals surface area contributed by atoms with E-state index in [1.807, 2.05) is 29.6 Å². The van der Waals surface area contributed by atoms with Crippen LogP contribution in [-0.4, -0.2) is 45.2 Å². The second-order valence-corrected chi connectivity index (χ2v) is 11.8. The fraction of sp³-hybridized carbons (Fsp3) is 0.161. The molecule has 0 radical (unpaired) electrons. The zero-order valence-electron chi connectivity index (χ0n) is 24.4. The van der Waals surface area contributed by atoms with Gasteiger partial charge < -0.3 is 25.9 Å². The summed E-state index contributed by atoms with van der Waals surface area (Å²) in [6.07, 6.45) is 3.39. The molecule has 0 unspecified atom stereocenters. The van der Waals surface area contributed by atoms with Crippen LogP contribution in [-0.2, 0) is 21.7 Å². The van der Waals surface area contributed by atoms with E-state index in [1.165, 1.54) is 29.4 Å². The first-order chi connectivity index (χ1) is 21.9. The van der Waals surface area contributed by atoms with Crippen LogP contribution >= 0.6 is 59.5 Å². The molecule has 0 aliphatic heterocycles. The van der Waals surface area contributed by atoms with Crippen LogP contribution in [0.25, 0.3) is 21.7 Å². The number of anilines is 1. The zero-order chi connectivity index (χ0) is 31.8. The summed E-state index contributed by atoms with van der Waals surface area (Å²) in [7, 11) is 0. The summed E-state index contributed by atoms with van der Waals surface area (Å²) in [5, 5.41) is 23.9. The standard InChI is InChI=1S/C31H25ClN8O3S2.2ClH/c32-20-5-1-19(2-6-20)29-39-22(15-44-29)16-45-30-25(13-34)27(24(12-33)28(36)40-30)18-3-7-23(8-4-18)42-9-10-43-31(41)26(35)11-21-14-37-17-38-21;;/h1-8,14-15,17,26H,9-11,16,35H2,(H2,36,40)(H,37,38);2*1H/t26-;;/m0../s1. The third-order valence-corrected chi connectivity index (χ3v) is 8.65. The Hall–Kier alpha value is -4.34. The van der Waals surface area contributed by atoms with Gasteiger partial charge in [0.15, 0.2) is 0 Å². The van der Waals surface area contributed by atoms with Gasteiger partial charge >= 0.3 is 5.97 Å². The number of hydrogen-bond acceptors (Lipinski definition) is 12. The maximum atomic E-state index is 12.1. The Morgan fingerprint density at radius 1 is 1.02 bits per heavy atom. The third-order valence-electron chi connectivity index (χ3n) is 6.45. The number of pyridine rings is 1. The van der Waals surface area contributed by atoms with Crippen LogP contribution in [0.4, 0.5) is 5.82 Å². The Kier molecular flexibility index (Phi) is 13.9. The number of nitriles is 2. The third kappa shape index (κ3) is 9.36. The van der Waals surface area contributed by atoms with Gasteiger partial charge in [0.05, 0.1) is 17.6 Å². The molecule has 0 bridgehead atoms. The van der Waals surface area contributed by atoms with E-state index in [0.29, 0.717) is 32.7 Å². The molecule has 1 atom stereocenters. The molecule has 0 saturated heterocycles. The van der Waals surface area contributed by atoms with Crippen molar-refractivity contribution in [2.24, 2.45) is 5.73 Å². The number of nitrogens with zero attached hydrogens (tertiary/aromatic N) is 5. The fourth-order valence-electron chi connectivity index (χ4n) is 4.28. The van der Waals surface area contributed by atoms with Crippen LogP contribution in [0, 0.1) is 22.7 Å². The molecular formula is C31H27Cl3N8O3S2. The van der Waals surface area contributed by atoms with Gasteiger partial charge in [-0.05, 0) is 29.8 Å². The number of nitrogens with two attached hydrogens (primary N) is 2. The van der Waals surface area contributed by atoms with Crippen molar-refractivity contribution in [3.05, 3.63) is 94.0 Å². The fourth-order valence-corrected chi connectivity index (χ4v) is 6.22. The van der Waals surface area contributed by atoms with E-state index in [1.54, 1.807) is 30.5 Å². The van der Waals surface area contributed by atoms with Crippen molar-refractivity contribution >= 4 is 71.3 Å². The molecule has 11 nitrogen and oxygen atoms in total. The molecule has 0 fully saturated rings. The number of thioether (sulfide) groups is 1. The molecule has 16 heteroatoms. The minimum absolute atomic E-state index is 0. The first-order valence-electron chi connectivity index (χ1n) is 13.5. The molecule has 0 amide bonds. The number of thiazole rings is 1. The lowest BCUT2D eigenvalue weighted by Crippen LogP contribution is -2.35. The predicted molar refractivity (Wildman–Crippen MR) is 187 cm³/mol. The monoisotopic (exact) mass is 728 g/mol. The molecule has 3 aromatic heterocycles. The maximum Gasteiger partial charge on any atom is 0.323 e. The smallest absolute Gasteiger partial charge is 0.323 e. The van der Waals surface area contributed by atoms with Crippen molar-refractivity contribution in [3.8, 4) is 39.6 Å². The summed E-state index contributed by atoms with van der Waals surface area (Å²) in [5.41, 5.74) is 15.9. The number of carbonyl (C=O) groups is 1.